The summed E-state index contributed by atoms with van der Waals surface area (Å²) >= 11 is 0. The van der Waals surface area contributed by atoms with Crippen molar-refractivity contribution < 1.29 is 23.8 Å². The van der Waals surface area contributed by atoms with E-state index in [0.717, 1.165) is 55.7 Å². The highest BCUT2D eigenvalue weighted by Gasteiger charge is 2.54. The van der Waals surface area contributed by atoms with E-state index in [4.69, 9.17) is 14.2 Å². The van der Waals surface area contributed by atoms with Crippen molar-refractivity contribution >= 4 is 11.8 Å². The highest BCUT2D eigenvalue weighted by atomic mass is 16.5. The molecular weight excluding hydrogens is 408 g/mol. The van der Waals surface area contributed by atoms with E-state index < -0.39 is 5.60 Å². The number of hydrogen-bond acceptors (Lipinski definition) is 5. The van der Waals surface area contributed by atoms with Gasteiger partial charge in [-0.25, -0.2) is 0 Å². The monoisotopic (exact) mass is 444 g/mol. The number of nitrogens with zero attached hydrogens (tertiary/aromatic N) is 1. The Labute approximate surface area is 190 Å². The molecule has 1 aromatic carbocycles. The highest BCUT2D eigenvalue weighted by molar-refractivity contribution is 5.77. The third-order valence-electron chi connectivity index (χ3n) is 7.22. The van der Waals surface area contributed by atoms with Gasteiger partial charge in [0.25, 0.3) is 0 Å². The summed E-state index contributed by atoms with van der Waals surface area (Å²) in [6.07, 6.45) is 5.02. The molecule has 0 saturated carbocycles. The summed E-state index contributed by atoms with van der Waals surface area (Å²) in [6, 6.07) is 6.09. The number of methoxy groups -OCH3 is 1. The van der Waals surface area contributed by atoms with E-state index in [-0.39, 0.29) is 36.0 Å². The summed E-state index contributed by atoms with van der Waals surface area (Å²) in [4.78, 5) is 26.0. The normalized spacial score (nSPS) is 27.6. The molecule has 0 bridgehead atoms. The van der Waals surface area contributed by atoms with E-state index in [9.17, 15) is 9.59 Å². The molecule has 0 aromatic heterocycles. The van der Waals surface area contributed by atoms with Crippen molar-refractivity contribution in [3.63, 3.8) is 0 Å². The lowest BCUT2D eigenvalue weighted by molar-refractivity contribution is -0.167. The zero-order chi connectivity index (χ0) is 22.9. The molecule has 3 aliphatic rings. The summed E-state index contributed by atoms with van der Waals surface area (Å²) in [5.74, 6) is 1.90. The first-order valence-corrected chi connectivity index (χ1v) is 11.9. The first-order valence-electron chi connectivity index (χ1n) is 11.9. The zero-order valence-corrected chi connectivity index (χ0v) is 19.7. The summed E-state index contributed by atoms with van der Waals surface area (Å²) in [6.45, 7) is 7.18. The Kier molecular flexibility index (Phi) is 6.65. The van der Waals surface area contributed by atoms with Crippen molar-refractivity contribution in [1.29, 1.82) is 0 Å². The maximum absolute atomic E-state index is 13.0. The Morgan fingerprint density at radius 2 is 2.06 bits per heavy atom. The topological polar surface area (TPSA) is 77.1 Å². The molecule has 0 spiro atoms. The summed E-state index contributed by atoms with van der Waals surface area (Å²) < 4.78 is 18.6. The van der Waals surface area contributed by atoms with E-state index in [0.29, 0.717) is 13.0 Å². The molecule has 4 rings (SSSR count). The largest absolute Gasteiger partial charge is 0.493 e. The van der Waals surface area contributed by atoms with Crippen LogP contribution in [-0.2, 0) is 14.3 Å². The lowest BCUT2D eigenvalue weighted by Crippen LogP contribution is -2.54. The fourth-order valence-corrected chi connectivity index (χ4v) is 5.53. The quantitative estimate of drug-likeness (QED) is 0.650. The second-order valence-corrected chi connectivity index (χ2v) is 9.76. The zero-order valence-electron chi connectivity index (χ0n) is 19.7. The number of unbranched alkanes of at least 4 members (excludes halogenated alkanes) is 2. The van der Waals surface area contributed by atoms with Crippen LogP contribution in [0, 0.1) is 5.92 Å². The Balaban J connectivity index is 1.40. The number of fused-ring (bicyclic) bond motifs is 4. The van der Waals surface area contributed by atoms with Crippen LogP contribution in [0.1, 0.15) is 71.0 Å². The molecule has 0 radical (unpaired) electrons. The SMILES string of the molecule is COc1cccc2c1OC(C)(C)[C@@H]1C[C@H]3[C@@H](CCN3C(=O)CCCCCNC(C)=O)O[C@@H]21. The van der Waals surface area contributed by atoms with Gasteiger partial charge >= 0.3 is 0 Å². The van der Waals surface area contributed by atoms with Gasteiger partial charge in [0.2, 0.25) is 11.8 Å². The average molecular weight is 445 g/mol. The van der Waals surface area contributed by atoms with E-state index in [1.54, 1.807) is 7.11 Å². The smallest absolute Gasteiger partial charge is 0.222 e. The molecule has 2 fully saturated rings. The minimum absolute atomic E-state index is 0.00419. The number of rotatable bonds is 7. The van der Waals surface area contributed by atoms with E-state index >= 15 is 0 Å². The van der Waals surface area contributed by atoms with Crippen molar-refractivity contribution in [2.24, 2.45) is 5.92 Å². The van der Waals surface area contributed by atoms with Crippen LogP contribution in [0.5, 0.6) is 11.5 Å². The molecule has 0 aliphatic carbocycles. The van der Waals surface area contributed by atoms with E-state index in [1.807, 2.05) is 17.0 Å². The van der Waals surface area contributed by atoms with Gasteiger partial charge in [-0.1, -0.05) is 18.6 Å². The molecule has 32 heavy (non-hydrogen) atoms. The van der Waals surface area contributed by atoms with E-state index in [2.05, 4.69) is 25.2 Å². The number of likely N-dealkylation sites (tertiary alicyclic amines) is 1. The number of para-hydroxylation sites is 1. The van der Waals surface area contributed by atoms with Gasteiger partial charge in [0.1, 0.15) is 5.60 Å². The van der Waals surface area contributed by atoms with Gasteiger partial charge in [-0.2, -0.15) is 0 Å². The fourth-order valence-electron chi connectivity index (χ4n) is 5.53. The van der Waals surface area contributed by atoms with Crippen molar-refractivity contribution in [3.05, 3.63) is 23.8 Å². The number of nitrogens with one attached hydrogen (secondary N) is 1. The number of benzene rings is 1. The van der Waals surface area contributed by atoms with Crippen LogP contribution in [0.2, 0.25) is 0 Å². The van der Waals surface area contributed by atoms with Gasteiger partial charge in [0.05, 0.1) is 25.4 Å². The molecule has 2 saturated heterocycles. The highest BCUT2D eigenvalue weighted by Crippen LogP contribution is 2.54. The second kappa shape index (κ2) is 9.30. The van der Waals surface area contributed by atoms with E-state index in [1.165, 1.54) is 6.92 Å². The third-order valence-corrected chi connectivity index (χ3v) is 7.22. The molecule has 1 aromatic rings. The predicted molar refractivity (Wildman–Crippen MR) is 121 cm³/mol. The Hall–Kier alpha value is -2.28. The van der Waals surface area contributed by atoms with Gasteiger partial charge in [0.15, 0.2) is 11.5 Å². The van der Waals surface area contributed by atoms with Crippen molar-refractivity contribution in [3.8, 4) is 11.5 Å². The molecule has 2 amide bonds. The van der Waals surface area contributed by atoms with Crippen molar-refractivity contribution in [2.75, 3.05) is 20.2 Å². The number of hydrogen-bond donors (Lipinski definition) is 1. The molecule has 176 valence electrons. The predicted octanol–water partition coefficient (Wildman–Crippen LogP) is 3.61. The van der Waals surface area contributed by atoms with Crippen LogP contribution in [0.4, 0.5) is 0 Å². The molecule has 7 nitrogen and oxygen atoms in total. The molecule has 3 heterocycles. The van der Waals surface area contributed by atoms with Gasteiger partial charge in [-0.3, -0.25) is 9.59 Å². The molecule has 4 atom stereocenters. The number of carbonyl (C=O) groups is 2. The van der Waals surface area contributed by atoms with Crippen LogP contribution < -0.4 is 14.8 Å². The van der Waals surface area contributed by atoms with Gasteiger partial charge in [0, 0.05) is 37.9 Å². The van der Waals surface area contributed by atoms with Crippen molar-refractivity contribution in [1.82, 2.24) is 10.2 Å². The fraction of sp³-hybridized carbons (Fsp3) is 0.680. The Morgan fingerprint density at radius 1 is 1.25 bits per heavy atom. The first-order chi connectivity index (χ1) is 15.3. The average Bonchev–Trinajstić information content (AvgIpc) is 3.17. The molecule has 1 N–H and O–H groups in total. The number of ether oxygens (including phenoxy) is 3. The minimum atomic E-state index is -0.418. The number of carbonyl (C=O) groups excluding carboxylic acids is 2. The molecule has 3 aliphatic heterocycles. The lowest BCUT2D eigenvalue weighted by atomic mass is 9.74. The standard InChI is InChI=1S/C25H36N2O5/c1-16(28)26-13-7-5-6-11-22(29)27-14-12-20-19(27)15-18-23(31-20)17-9-8-10-21(30-4)24(17)32-25(18,2)3/h8-10,18-20,23H,5-7,11-15H2,1-4H3,(H,26,28)/t18-,19+,20-,23+/m1/s1. The van der Waals surface area contributed by atoms with Gasteiger partial charge in [-0.05, 0) is 45.6 Å². The lowest BCUT2D eigenvalue weighted by Gasteiger charge is -2.50. The van der Waals surface area contributed by atoms with Gasteiger partial charge < -0.3 is 24.4 Å². The van der Waals surface area contributed by atoms with Gasteiger partial charge in [-0.15, -0.1) is 0 Å². The second-order valence-electron chi connectivity index (χ2n) is 9.76. The van der Waals surface area contributed by atoms with Crippen LogP contribution in [0.15, 0.2) is 18.2 Å². The molecule has 7 heteroatoms. The molecule has 0 unspecified atom stereocenters. The Bertz CT molecular complexity index is 855. The first kappa shape index (κ1) is 22.9. The van der Waals surface area contributed by atoms with Crippen LogP contribution >= 0.6 is 0 Å². The number of amides is 2. The summed E-state index contributed by atoms with van der Waals surface area (Å²) in [5.41, 5.74) is 0.634. The van der Waals surface area contributed by atoms with Crippen LogP contribution in [0.3, 0.4) is 0 Å². The summed E-state index contributed by atoms with van der Waals surface area (Å²) in [5, 5.41) is 2.80. The summed E-state index contributed by atoms with van der Waals surface area (Å²) in [7, 11) is 1.66. The maximum Gasteiger partial charge on any atom is 0.222 e. The Morgan fingerprint density at radius 3 is 2.81 bits per heavy atom. The van der Waals surface area contributed by atoms with Crippen LogP contribution in [0.25, 0.3) is 0 Å². The third kappa shape index (κ3) is 4.45. The maximum atomic E-state index is 13.0. The minimum Gasteiger partial charge on any atom is -0.493 e. The molecular formula is C25H36N2O5. The van der Waals surface area contributed by atoms with Crippen LogP contribution in [-0.4, -0.2) is 54.7 Å². The van der Waals surface area contributed by atoms with Crippen molar-refractivity contribution in [2.45, 2.75) is 83.1 Å².